The third-order valence-electron chi connectivity index (χ3n) is 5.73. The molecule has 2 aliphatic heterocycles. The monoisotopic (exact) mass is 435 g/mol. The maximum atomic E-state index is 12.0. The Morgan fingerprint density at radius 2 is 2.06 bits per heavy atom. The third-order valence-corrected chi connectivity index (χ3v) is 5.73. The largest absolute Gasteiger partial charge is 0.535 e. The van der Waals surface area contributed by atoms with Crippen molar-refractivity contribution in [1.29, 1.82) is 0 Å². The molecule has 168 valence electrons. The second-order valence-electron chi connectivity index (χ2n) is 8.24. The van der Waals surface area contributed by atoms with E-state index >= 15 is 0 Å². The summed E-state index contributed by atoms with van der Waals surface area (Å²) in [6, 6.07) is 2.57. The first kappa shape index (κ1) is 21.8. The highest BCUT2D eigenvalue weighted by Crippen LogP contribution is 2.37. The number of carbonyl (C=O) groups is 2. The number of nitrogens with zero attached hydrogens (tertiary/aromatic N) is 1. The van der Waals surface area contributed by atoms with E-state index in [0.29, 0.717) is 45.2 Å². The van der Waals surface area contributed by atoms with Gasteiger partial charge in [0.05, 0.1) is 18.2 Å². The summed E-state index contributed by atoms with van der Waals surface area (Å²) in [7, 11) is -1.04. The van der Waals surface area contributed by atoms with Gasteiger partial charge >= 0.3 is 13.1 Å². The predicted octanol–water partition coefficient (Wildman–Crippen LogP) is -1.24. The Hall–Kier alpha value is -2.38. The molecule has 1 saturated heterocycles. The number of aryl methyl sites for hydroxylation is 1. The van der Waals surface area contributed by atoms with Crippen LogP contribution >= 0.6 is 0 Å². The van der Waals surface area contributed by atoms with Crippen LogP contribution in [0.5, 0.6) is 11.5 Å². The number of aliphatic hydroxyl groups excluding tert-OH is 1. The van der Waals surface area contributed by atoms with E-state index in [-0.39, 0.29) is 35.4 Å². The number of carbonyl (C=O) groups excluding carboxylic acids is 1. The van der Waals surface area contributed by atoms with E-state index in [4.69, 9.17) is 20.0 Å². The molecular formula is C19H26BN3O8. The number of fused-ring (bicyclic) bond motifs is 1. The van der Waals surface area contributed by atoms with E-state index < -0.39 is 25.0 Å². The minimum absolute atomic E-state index is 0.0935. The summed E-state index contributed by atoms with van der Waals surface area (Å²) in [5, 5.41) is 28.6. The van der Waals surface area contributed by atoms with Gasteiger partial charge in [0.2, 0.25) is 0 Å². The highest BCUT2D eigenvalue weighted by Gasteiger charge is 2.35. The summed E-state index contributed by atoms with van der Waals surface area (Å²) in [6.07, 6.45) is 1.11. The van der Waals surface area contributed by atoms with E-state index in [2.05, 4.69) is 5.48 Å². The van der Waals surface area contributed by atoms with E-state index in [1.807, 2.05) is 4.90 Å². The number of hydrogen-bond donors (Lipinski definition) is 5. The van der Waals surface area contributed by atoms with Crippen LogP contribution in [0.25, 0.3) is 0 Å². The highest BCUT2D eigenvalue weighted by atomic mass is 16.7. The number of amides is 1. The van der Waals surface area contributed by atoms with Gasteiger partial charge in [-0.15, -0.1) is 0 Å². The van der Waals surface area contributed by atoms with Gasteiger partial charge in [-0.2, -0.15) is 0 Å². The first-order valence-electron chi connectivity index (χ1n) is 10.3. The Labute approximate surface area is 179 Å². The second kappa shape index (κ2) is 9.01. The Morgan fingerprint density at radius 3 is 2.74 bits per heavy atom. The fraction of sp³-hybridized carbons (Fsp3) is 0.579. The van der Waals surface area contributed by atoms with Crippen LogP contribution in [0.1, 0.15) is 28.8 Å². The number of aromatic carboxylic acids is 1. The van der Waals surface area contributed by atoms with Crippen LogP contribution < -0.4 is 20.6 Å². The molecule has 0 aromatic heterocycles. The van der Waals surface area contributed by atoms with Gasteiger partial charge < -0.3 is 30.4 Å². The van der Waals surface area contributed by atoms with Crippen molar-refractivity contribution in [1.82, 2.24) is 10.4 Å². The van der Waals surface area contributed by atoms with Crippen molar-refractivity contribution in [3.63, 3.8) is 0 Å². The lowest BCUT2D eigenvalue weighted by Gasteiger charge is -2.40. The normalized spacial score (nSPS) is 24.3. The topological polar surface area (TPSA) is 164 Å². The van der Waals surface area contributed by atoms with Crippen molar-refractivity contribution in [2.45, 2.75) is 49.9 Å². The Balaban J connectivity index is 1.26. The molecule has 3 aliphatic rings. The zero-order valence-electron chi connectivity index (χ0n) is 16.9. The van der Waals surface area contributed by atoms with Crippen molar-refractivity contribution in [2.75, 3.05) is 19.6 Å². The number of aliphatic hydroxyl groups is 1. The summed E-state index contributed by atoms with van der Waals surface area (Å²) in [6.45, 7) is 1.26. The molecule has 0 radical (unpaired) electrons. The molecular weight excluding hydrogens is 409 g/mol. The summed E-state index contributed by atoms with van der Waals surface area (Å²) in [5.74, 6) is -1.29. The molecule has 1 aromatic rings. The molecule has 1 amide bonds. The van der Waals surface area contributed by atoms with Crippen LogP contribution in [0.2, 0.25) is 6.32 Å². The maximum Gasteiger partial charge on any atom is 0.522 e. The highest BCUT2D eigenvalue weighted by molar-refractivity contribution is 6.44. The molecule has 0 bridgehead atoms. The van der Waals surface area contributed by atoms with Gasteiger partial charge in [-0.3, -0.25) is 14.5 Å². The number of benzene rings is 1. The number of rotatable bonds is 8. The third kappa shape index (κ3) is 4.94. The molecule has 4 rings (SSSR count). The van der Waals surface area contributed by atoms with Crippen LogP contribution in [0.15, 0.2) is 12.1 Å². The number of carboxylic acid groups (broad SMARTS) is 1. The number of likely N-dealkylation sites (tertiary alicyclic amines) is 1. The minimum Gasteiger partial charge on any atom is -0.535 e. The van der Waals surface area contributed by atoms with Gasteiger partial charge in [-0.1, -0.05) is 6.07 Å². The molecule has 11 nitrogen and oxygen atoms in total. The Morgan fingerprint density at radius 1 is 1.32 bits per heavy atom. The lowest BCUT2D eigenvalue weighted by Crippen LogP contribution is -2.59. The van der Waals surface area contributed by atoms with Gasteiger partial charge in [0, 0.05) is 32.5 Å². The summed E-state index contributed by atoms with van der Waals surface area (Å²) >= 11 is 0. The number of nitrogens with one attached hydrogen (secondary N) is 1. The first-order chi connectivity index (χ1) is 14.8. The molecule has 6 N–H and O–H groups in total. The summed E-state index contributed by atoms with van der Waals surface area (Å²) < 4.78 is 11.2. The average Bonchev–Trinajstić information content (AvgIpc) is 2.67. The molecule has 2 fully saturated rings. The molecule has 2 heterocycles. The van der Waals surface area contributed by atoms with Crippen LogP contribution in [-0.4, -0.2) is 83.1 Å². The molecule has 1 aromatic carbocycles. The standard InChI is InChI=1S/C19H26BN3O8/c21-14(18(25)22-31-12-5-11(24)6-12)9-23-7-13(8-23)29-15-2-1-10-3-4-20(28)30-17(10)16(15)19(26)27/h1-2,11-14,24,28H,3-9,21H2,(H,22,25)(H,26,27). The van der Waals surface area contributed by atoms with Gasteiger partial charge in [0.1, 0.15) is 23.2 Å². The van der Waals surface area contributed by atoms with Crippen molar-refractivity contribution >= 4 is 19.0 Å². The molecule has 1 saturated carbocycles. The quantitative estimate of drug-likeness (QED) is 0.247. The van der Waals surface area contributed by atoms with E-state index in [0.717, 1.165) is 5.56 Å². The maximum absolute atomic E-state index is 12.0. The number of ether oxygens (including phenoxy) is 1. The predicted molar refractivity (Wildman–Crippen MR) is 108 cm³/mol. The first-order valence-corrected chi connectivity index (χ1v) is 10.3. The number of hydrogen-bond acceptors (Lipinski definition) is 9. The van der Waals surface area contributed by atoms with Crippen LogP contribution in [0.4, 0.5) is 0 Å². The van der Waals surface area contributed by atoms with Crippen molar-refractivity contribution < 1.29 is 39.1 Å². The zero-order chi connectivity index (χ0) is 22.1. The molecule has 12 heteroatoms. The van der Waals surface area contributed by atoms with Crippen molar-refractivity contribution in [3.05, 3.63) is 23.3 Å². The Bertz CT molecular complexity index is 844. The van der Waals surface area contributed by atoms with E-state index in [1.165, 1.54) is 0 Å². The van der Waals surface area contributed by atoms with E-state index in [1.54, 1.807) is 12.1 Å². The smallest absolute Gasteiger partial charge is 0.522 e. The van der Waals surface area contributed by atoms with Crippen molar-refractivity contribution in [3.8, 4) is 11.5 Å². The van der Waals surface area contributed by atoms with Gasteiger partial charge in [0.25, 0.3) is 5.91 Å². The lowest BCUT2D eigenvalue weighted by atomic mass is 9.78. The average molecular weight is 435 g/mol. The second-order valence-corrected chi connectivity index (χ2v) is 8.24. The van der Waals surface area contributed by atoms with Gasteiger partial charge in [-0.05, 0) is 24.4 Å². The van der Waals surface area contributed by atoms with Crippen molar-refractivity contribution in [2.24, 2.45) is 5.73 Å². The summed E-state index contributed by atoms with van der Waals surface area (Å²) in [5.41, 5.74) is 8.87. The van der Waals surface area contributed by atoms with Gasteiger partial charge in [-0.25, -0.2) is 10.3 Å². The van der Waals surface area contributed by atoms with Gasteiger partial charge in [0.15, 0.2) is 0 Å². The van der Waals surface area contributed by atoms with Crippen LogP contribution in [-0.2, 0) is 16.1 Å². The molecule has 1 aliphatic carbocycles. The number of hydroxylamine groups is 1. The molecule has 1 unspecified atom stereocenters. The lowest BCUT2D eigenvalue weighted by molar-refractivity contribution is -0.154. The van der Waals surface area contributed by atoms with Crippen LogP contribution in [0, 0.1) is 0 Å². The Kier molecular flexibility index (Phi) is 6.35. The van der Waals surface area contributed by atoms with Crippen LogP contribution in [0.3, 0.4) is 0 Å². The SMILES string of the molecule is NC(CN1CC(Oc2ccc3c(c2C(=O)O)OB(O)CC3)C1)C(=O)NOC1CC(O)C1. The molecule has 0 spiro atoms. The fourth-order valence-electron chi connectivity index (χ4n) is 3.85. The fourth-order valence-corrected chi connectivity index (χ4v) is 3.85. The number of carboxylic acids is 1. The zero-order valence-corrected chi connectivity index (χ0v) is 16.9. The molecule has 31 heavy (non-hydrogen) atoms. The molecule has 1 atom stereocenters. The number of nitrogens with two attached hydrogens (primary N) is 1. The van der Waals surface area contributed by atoms with E-state index in [9.17, 15) is 24.8 Å². The minimum atomic E-state index is -1.19. The summed E-state index contributed by atoms with van der Waals surface area (Å²) in [4.78, 5) is 30.9.